The molecule has 1 atom stereocenters. The van der Waals surface area contributed by atoms with Crippen LogP contribution >= 0.6 is 11.3 Å². The Morgan fingerprint density at radius 1 is 1.24 bits per heavy atom. The number of anilines is 1. The van der Waals surface area contributed by atoms with E-state index in [-0.39, 0.29) is 18.4 Å². The third-order valence-electron chi connectivity index (χ3n) is 6.14. The lowest BCUT2D eigenvalue weighted by molar-refractivity contribution is -0.141. The smallest absolute Gasteiger partial charge is 0.251 e. The minimum atomic E-state index is -1.02. The van der Waals surface area contributed by atoms with Crippen molar-refractivity contribution in [1.82, 2.24) is 0 Å². The van der Waals surface area contributed by atoms with Crippen LogP contribution in [-0.2, 0) is 21.6 Å². The summed E-state index contributed by atoms with van der Waals surface area (Å²) in [5.41, 5.74) is 4.37. The topological polar surface area (TPSA) is 102 Å². The Morgan fingerprint density at radius 2 is 1.79 bits per heavy atom. The van der Waals surface area contributed by atoms with Crippen LogP contribution in [-0.4, -0.2) is 29.1 Å². The van der Waals surface area contributed by atoms with Crippen LogP contribution in [0.3, 0.4) is 0 Å². The average molecular weight is 425 g/mol. The molecule has 6 nitrogen and oxygen atoms in total. The molecule has 0 aliphatic carbocycles. The Morgan fingerprint density at radius 3 is 2.21 bits per heavy atom. The fraction of sp³-hybridized carbons (Fsp3) is 0.727. The number of hydrogen-bond donors (Lipinski definition) is 3. The molecule has 2 heterocycles. The van der Waals surface area contributed by atoms with Gasteiger partial charge in [-0.15, -0.1) is 11.3 Å². The van der Waals surface area contributed by atoms with Gasteiger partial charge in [-0.1, -0.05) is 34.6 Å². The number of aliphatic hydroxyl groups is 1. The second kappa shape index (κ2) is 7.36. The van der Waals surface area contributed by atoms with Gasteiger partial charge in [0.05, 0.1) is 28.8 Å². The van der Waals surface area contributed by atoms with Crippen molar-refractivity contribution in [3.63, 3.8) is 0 Å². The van der Waals surface area contributed by atoms with Crippen molar-refractivity contribution in [3.8, 4) is 0 Å². The SMILES string of the molecule is CC(C)C(CO)(C(=O)Nc1sc2c(c1C(N)=O)CC(C)(C)OC2(C)C)C(C)(C)C. The molecule has 0 saturated heterocycles. The number of primary amides is 1. The van der Waals surface area contributed by atoms with Gasteiger partial charge in [0, 0.05) is 11.3 Å². The molecular weight excluding hydrogens is 388 g/mol. The number of carbonyl (C=O) groups excluding carboxylic acids is 2. The van der Waals surface area contributed by atoms with Crippen LogP contribution in [0.1, 0.15) is 83.1 Å². The molecule has 0 spiro atoms. The molecule has 0 bridgehead atoms. The first-order valence-corrected chi connectivity index (χ1v) is 10.9. The molecule has 29 heavy (non-hydrogen) atoms. The fourth-order valence-electron chi connectivity index (χ4n) is 4.84. The monoisotopic (exact) mass is 424 g/mol. The summed E-state index contributed by atoms with van der Waals surface area (Å²) in [5.74, 6) is -0.986. The van der Waals surface area contributed by atoms with Crippen LogP contribution in [0.5, 0.6) is 0 Å². The van der Waals surface area contributed by atoms with Crippen LogP contribution in [0.2, 0.25) is 0 Å². The van der Waals surface area contributed by atoms with Gasteiger partial charge in [0.15, 0.2) is 0 Å². The summed E-state index contributed by atoms with van der Waals surface area (Å²) in [7, 11) is 0. The minimum Gasteiger partial charge on any atom is -0.395 e. The van der Waals surface area contributed by atoms with E-state index in [1.54, 1.807) is 0 Å². The summed E-state index contributed by atoms with van der Waals surface area (Å²) >= 11 is 1.34. The van der Waals surface area contributed by atoms with E-state index in [2.05, 4.69) is 5.32 Å². The lowest BCUT2D eigenvalue weighted by atomic mass is 9.60. The van der Waals surface area contributed by atoms with E-state index in [4.69, 9.17) is 10.5 Å². The van der Waals surface area contributed by atoms with E-state index in [1.807, 2.05) is 62.3 Å². The second-order valence-corrected chi connectivity index (χ2v) is 11.5. The van der Waals surface area contributed by atoms with Gasteiger partial charge in [0.25, 0.3) is 5.91 Å². The highest BCUT2D eigenvalue weighted by Gasteiger charge is 2.51. The van der Waals surface area contributed by atoms with Crippen LogP contribution in [0.15, 0.2) is 0 Å². The highest BCUT2D eigenvalue weighted by molar-refractivity contribution is 7.17. The number of fused-ring (bicyclic) bond motifs is 1. The molecule has 164 valence electrons. The zero-order valence-corrected chi connectivity index (χ0v) is 20.0. The second-order valence-electron chi connectivity index (χ2n) is 10.5. The molecule has 2 amide bonds. The standard InChI is InChI=1S/C22H36N2O4S/c1-12(2)22(11-25,19(3,4)5)18(27)24-17-14(16(23)26)13-10-20(6,7)28-21(8,9)15(13)29-17/h12,25H,10-11H2,1-9H3,(H2,23,26)(H,24,27). The molecule has 1 unspecified atom stereocenters. The number of nitrogens with one attached hydrogen (secondary N) is 1. The van der Waals surface area contributed by atoms with E-state index in [0.29, 0.717) is 17.0 Å². The van der Waals surface area contributed by atoms with Crippen molar-refractivity contribution < 1.29 is 19.4 Å². The summed E-state index contributed by atoms with van der Waals surface area (Å²) in [6, 6.07) is 0. The Labute approximate surface area is 178 Å². The van der Waals surface area contributed by atoms with Gasteiger partial charge in [-0.3, -0.25) is 9.59 Å². The molecule has 1 aromatic heterocycles. The maximum Gasteiger partial charge on any atom is 0.251 e. The van der Waals surface area contributed by atoms with Gasteiger partial charge in [0.1, 0.15) is 5.00 Å². The van der Waals surface area contributed by atoms with E-state index in [0.717, 1.165) is 10.4 Å². The number of aliphatic hydroxyl groups excluding tert-OH is 1. The first-order valence-electron chi connectivity index (χ1n) is 10.1. The molecule has 0 saturated carbocycles. The lowest BCUT2D eigenvalue weighted by Crippen LogP contribution is -2.52. The molecule has 2 rings (SSSR count). The predicted octanol–water partition coefficient (Wildman–Crippen LogP) is 4.05. The average Bonchev–Trinajstić information content (AvgIpc) is 2.83. The van der Waals surface area contributed by atoms with Crippen molar-refractivity contribution in [3.05, 3.63) is 16.0 Å². The van der Waals surface area contributed by atoms with Crippen LogP contribution < -0.4 is 11.1 Å². The van der Waals surface area contributed by atoms with Crippen LogP contribution in [0, 0.1) is 16.7 Å². The summed E-state index contributed by atoms with van der Waals surface area (Å²) in [6.45, 7) is 17.3. The van der Waals surface area contributed by atoms with Gasteiger partial charge >= 0.3 is 0 Å². The molecule has 0 radical (unpaired) electrons. The van der Waals surface area contributed by atoms with Crippen molar-refractivity contribution in [1.29, 1.82) is 0 Å². The lowest BCUT2D eigenvalue weighted by Gasteiger charge is -2.45. The van der Waals surface area contributed by atoms with Gasteiger partial charge < -0.3 is 20.9 Å². The molecule has 1 aliphatic rings. The third kappa shape index (κ3) is 3.97. The fourth-order valence-corrected chi connectivity index (χ4v) is 6.10. The predicted molar refractivity (Wildman–Crippen MR) is 117 cm³/mol. The van der Waals surface area contributed by atoms with E-state index in [1.165, 1.54) is 11.3 Å². The van der Waals surface area contributed by atoms with E-state index < -0.39 is 27.9 Å². The molecular formula is C22H36N2O4S. The maximum absolute atomic E-state index is 13.5. The number of carbonyl (C=O) groups is 2. The molecule has 0 aromatic carbocycles. The first-order chi connectivity index (χ1) is 13.0. The number of hydrogen-bond acceptors (Lipinski definition) is 5. The summed E-state index contributed by atoms with van der Waals surface area (Å²) in [4.78, 5) is 26.8. The number of rotatable bonds is 5. The Bertz CT molecular complexity index is 818. The minimum absolute atomic E-state index is 0.113. The summed E-state index contributed by atoms with van der Waals surface area (Å²) < 4.78 is 6.23. The highest BCUT2D eigenvalue weighted by atomic mass is 32.1. The Hall–Kier alpha value is -1.44. The van der Waals surface area contributed by atoms with E-state index in [9.17, 15) is 14.7 Å². The number of amides is 2. The number of thiophene rings is 1. The van der Waals surface area contributed by atoms with Gasteiger partial charge in [-0.2, -0.15) is 0 Å². The van der Waals surface area contributed by atoms with Gasteiger partial charge in [-0.05, 0) is 44.6 Å². The summed E-state index contributed by atoms with van der Waals surface area (Å²) in [5, 5.41) is 13.6. The van der Waals surface area contributed by atoms with Crippen molar-refractivity contribution >= 4 is 28.2 Å². The summed E-state index contributed by atoms with van der Waals surface area (Å²) in [6.07, 6.45) is 0.533. The zero-order chi connectivity index (χ0) is 22.6. The number of ether oxygens (including phenoxy) is 1. The molecule has 4 N–H and O–H groups in total. The molecule has 7 heteroatoms. The Balaban J connectivity index is 2.61. The van der Waals surface area contributed by atoms with Crippen molar-refractivity contribution in [2.45, 2.75) is 79.9 Å². The van der Waals surface area contributed by atoms with Crippen LogP contribution in [0.25, 0.3) is 0 Å². The normalized spacial score (nSPS) is 20.1. The largest absolute Gasteiger partial charge is 0.395 e. The maximum atomic E-state index is 13.5. The highest BCUT2D eigenvalue weighted by Crippen LogP contribution is 2.50. The van der Waals surface area contributed by atoms with Crippen molar-refractivity contribution in [2.24, 2.45) is 22.5 Å². The molecule has 0 fully saturated rings. The van der Waals surface area contributed by atoms with Crippen molar-refractivity contribution in [2.75, 3.05) is 11.9 Å². The van der Waals surface area contributed by atoms with E-state index >= 15 is 0 Å². The molecule has 1 aliphatic heterocycles. The third-order valence-corrected chi connectivity index (χ3v) is 7.59. The number of nitrogens with two attached hydrogens (primary N) is 1. The quantitative estimate of drug-likeness (QED) is 0.663. The Kier molecular flexibility index (Phi) is 6.05. The van der Waals surface area contributed by atoms with Gasteiger partial charge in [-0.25, -0.2) is 0 Å². The molecule has 1 aromatic rings. The van der Waals surface area contributed by atoms with Crippen LogP contribution in [0.4, 0.5) is 5.00 Å². The first kappa shape index (κ1) is 23.8. The zero-order valence-electron chi connectivity index (χ0n) is 19.1. The van der Waals surface area contributed by atoms with Gasteiger partial charge in [0.2, 0.25) is 5.91 Å².